The number of sulfone groups is 1. The molecule has 1 rings (SSSR count). The Morgan fingerprint density at radius 1 is 1.31 bits per heavy atom. The van der Waals surface area contributed by atoms with Crippen molar-refractivity contribution in [1.82, 2.24) is 0 Å². The van der Waals surface area contributed by atoms with Gasteiger partial charge in [-0.1, -0.05) is 23.5 Å². The van der Waals surface area contributed by atoms with E-state index < -0.39 is 15.8 Å². The second-order valence-electron chi connectivity index (χ2n) is 3.35. The number of carbonyl (C=O) groups excluding carboxylic acids is 1. The smallest absolute Gasteiger partial charge is 0.351 e. The van der Waals surface area contributed by atoms with Gasteiger partial charge in [0, 0.05) is 6.26 Å². The van der Waals surface area contributed by atoms with Gasteiger partial charge in [-0.2, -0.15) is 0 Å². The van der Waals surface area contributed by atoms with Crippen LogP contribution in [0.4, 0.5) is 0 Å². The predicted molar refractivity (Wildman–Crippen MR) is 67.4 cm³/mol. The zero-order valence-electron chi connectivity index (χ0n) is 9.09. The fraction of sp³-hybridized carbons (Fsp3) is 0.444. The summed E-state index contributed by atoms with van der Waals surface area (Å²) in [6, 6.07) is 0. The fourth-order valence-corrected chi connectivity index (χ4v) is 4.45. The first-order valence-electron chi connectivity index (χ1n) is 4.46. The predicted octanol–water partition coefficient (Wildman–Crippen LogP) is 2.10. The number of hydrogen-bond donors (Lipinski definition) is 0. The molecule has 0 aliphatic carbocycles. The van der Waals surface area contributed by atoms with Crippen LogP contribution in [-0.4, -0.2) is 26.7 Å². The third-order valence-corrected chi connectivity index (χ3v) is 4.99. The maximum absolute atomic E-state index is 11.7. The molecule has 0 N–H and O–H groups in total. The van der Waals surface area contributed by atoms with E-state index in [9.17, 15) is 13.2 Å². The van der Waals surface area contributed by atoms with Crippen molar-refractivity contribution in [1.29, 1.82) is 0 Å². The Labute approximate surface area is 103 Å². The van der Waals surface area contributed by atoms with Gasteiger partial charge in [-0.15, -0.1) is 0 Å². The molecular weight excluding hydrogens is 268 g/mol. The molecule has 0 aromatic carbocycles. The Morgan fingerprint density at radius 2 is 1.81 bits per heavy atom. The lowest BCUT2D eigenvalue weighted by atomic mass is 10.5. The van der Waals surface area contributed by atoms with Crippen LogP contribution in [-0.2, 0) is 19.4 Å². The van der Waals surface area contributed by atoms with E-state index in [1.807, 2.05) is 0 Å². The molecule has 0 saturated heterocycles. The molecular formula is C9H12O4S3. The molecule has 1 aliphatic heterocycles. The second-order valence-corrected chi connectivity index (χ2v) is 7.39. The van der Waals surface area contributed by atoms with Crippen molar-refractivity contribution in [3.05, 3.63) is 20.0 Å². The maximum Gasteiger partial charge on any atom is 0.351 e. The summed E-state index contributed by atoms with van der Waals surface area (Å²) in [4.78, 5) is 11.4. The molecule has 0 fully saturated rings. The first kappa shape index (κ1) is 13.7. The molecule has 0 unspecified atom stereocenters. The highest BCUT2D eigenvalue weighted by Crippen LogP contribution is 2.41. The SMILES string of the molecule is CC(C)OC(=O)C(=C1SC=CS1)S(C)(=O)=O. The number of carbonyl (C=O) groups is 1. The summed E-state index contributed by atoms with van der Waals surface area (Å²) in [5, 5.41) is 3.46. The van der Waals surface area contributed by atoms with Crippen LogP contribution in [0.25, 0.3) is 0 Å². The summed E-state index contributed by atoms with van der Waals surface area (Å²) in [7, 11) is -3.57. The van der Waals surface area contributed by atoms with E-state index in [2.05, 4.69) is 0 Å². The van der Waals surface area contributed by atoms with E-state index in [-0.39, 0.29) is 11.0 Å². The molecule has 0 bridgehead atoms. The quantitative estimate of drug-likeness (QED) is 0.583. The lowest BCUT2D eigenvalue weighted by molar-refractivity contribution is -0.141. The summed E-state index contributed by atoms with van der Waals surface area (Å²) >= 11 is 2.43. The molecule has 0 spiro atoms. The third-order valence-electron chi connectivity index (χ3n) is 1.49. The molecule has 0 amide bonds. The maximum atomic E-state index is 11.7. The Hall–Kier alpha value is -0.400. The van der Waals surface area contributed by atoms with Gasteiger partial charge in [0.25, 0.3) is 0 Å². The Morgan fingerprint density at radius 3 is 2.19 bits per heavy atom. The van der Waals surface area contributed by atoms with Gasteiger partial charge in [0.2, 0.25) is 0 Å². The number of esters is 1. The summed E-state index contributed by atoms with van der Waals surface area (Å²) < 4.78 is 28.4. The van der Waals surface area contributed by atoms with Gasteiger partial charge < -0.3 is 4.74 Å². The van der Waals surface area contributed by atoms with Crippen LogP contribution in [0.1, 0.15) is 13.8 Å². The van der Waals surface area contributed by atoms with Gasteiger partial charge in [-0.3, -0.25) is 0 Å². The van der Waals surface area contributed by atoms with Crippen molar-refractivity contribution in [2.45, 2.75) is 20.0 Å². The van der Waals surface area contributed by atoms with E-state index in [0.717, 1.165) is 6.26 Å². The summed E-state index contributed by atoms with van der Waals surface area (Å²) in [6.07, 6.45) is 0.672. The monoisotopic (exact) mass is 280 g/mol. The fourth-order valence-electron chi connectivity index (χ4n) is 0.968. The lowest BCUT2D eigenvalue weighted by Gasteiger charge is -2.11. The topological polar surface area (TPSA) is 60.4 Å². The average Bonchev–Trinajstić information content (AvgIpc) is 2.52. The van der Waals surface area contributed by atoms with Crippen LogP contribution >= 0.6 is 23.5 Å². The summed E-state index contributed by atoms with van der Waals surface area (Å²) in [5.74, 6) is -0.781. The molecule has 16 heavy (non-hydrogen) atoms. The van der Waals surface area contributed by atoms with Crippen LogP contribution in [0, 0.1) is 0 Å². The Kier molecular flexibility index (Phi) is 4.52. The molecule has 0 atom stereocenters. The van der Waals surface area contributed by atoms with Crippen molar-refractivity contribution in [2.75, 3.05) is 6.26 Å². The molecule has 0 radical (unpaired) electrons. The normalized spacial score (nSPS) is 15.6. The molecule has 1 heterocycles. The van der Waals surface area contributed by atoms with E-state index in [1.54, 1.807) is 24.7 Å². The molecule has 0 aromatic heterocycles. The van der Waals surface area contributed by atoms with Crippen LogP contribution in [0.2, 0.25) is 0 Å². The van der Waals surface area contributed by atoms with Crippen molar-refractivity contribution >= 4 is 39.3 Å². The summed E-state index contributed by atoms with van der Waals surface area (Å²) in [5.41, 5.74) is 0. The van der Waals surface area contributed by atoms with E-state index in [4.69, 9.17) is 4.74 Å². The second kappa shape index (κ2) is 5.29. The average molecular weight is 280 g/mol. The molecule has 4 nitrogen and oxygen atoms in total. The molecule has 1 aliphatic rings. The first-order valence-corrected chi connectivity index (χ1v) is 8.11. The summed E-state index contributed by atoms with van der Waals surface area (Å²) in [6.45, 7) is 3.35. The highest BCUT2D eigenvalue weighted by atomic mass is 32.2. The van der Waals surface area contributed by atoms with Crippen LogP contribution < -0.4 is 0 Å². The van der Waals surface area contributed by atoms with Gasteiger partial charge in [0.15, 0.2) is 14.7 Å². The Balaban J connectivity index is 3.08. The zero-order valence-corrected chi connectivity index (χ0v) is 11.5. The zero-order chi connectivity index (χ0) is 12.3. The molecule has 0 saturated carbocycles. The number of hydrogen-bond acceptors (Lipinski definition) is 6. The van der Waals surface area contributed by atoms with Crippen molar-refractivity contribution in [2.24, 2.45) is 0 Å². The van der Waals surface area contributed by atoms with Crippen molar-refractivity contribution in [3.63, 3.8) is 0 Å². The van der Waals surface area contributed by atoms with Gasteiger partial charge in [-0.25, -0.2) is 13.2 Å². The number of thioether (sulfide) groups is 2. The minimum atomic E-state index is -3.57. The highest BCUT2D eigenvalue weighted by Gasteiger charge is 2.28. The van der Waals surface area contributed by atoms with E-state index in [1.165, 1.54) is 23.5 Å². The van der Waals surface area contributed by atoms with Crippen molar-refractivity contribution < 1.29 is 17.9 Å². The lowest BCUT2D eigenvalue weighted by Crippen LogP contribution is -2.19. The van der Waals surface area contributed by atoms with Crippen molar-refractivity contribution in [3.8, 4) is 0 Å². The van der Waals surface area contributed by atoms with Gasteiger partial charge >= 0.3 is 5.97 Å². The minimum absolute atomic E-state index is 0.249. The van der Waals surface area contributed by atoms with E-state index in [0.29, 0.717) is 4.24 Å². The van der Waals surface area contributed by atoms with Gasteiger partial charge in [0.1, 0.15) is 0 Å². The molecule has 0 aromatic rings. The molecule has 7 heteroatoms. The highest BCUT2D eigenvalue weighted by molar-refractivity contribution is 8.28. The van der Waals surface area contributed by atoms with Crippen LogP contribution in [0.3, 0.4) is 0 Å². The van der Waals surface area contributed by atoms with E-state index >= 15 is 0 Å². The minimum Gasteiger partial charge on any atom is -0.459 e. The van der Waals surface area contributed by atoms with Crippen LogP contribution in [0.15, 0.2) is 20.0 Å². The first-order chi connectivity index (χ1) is 7.32. The van der Waals surface area contributed by atoms with Crippen LogP contribution in [0.5, 0.6) is 0 Å². The third kappa shape index (κ3) is 3.57. The molecule has 90 valence electrons. The van der Waals surface area contributed by atoms with Gasteiger partial charge in [0.05, 0.1) is 10.3 Å². The largest absolute Gasteiger partial charge is 0.459 e. The number of ether oxygens (including phenoxy) is 1. The standard InChI is InChI=1S/C9H12O4S3/c1-6(2)13-8(10)7(16(3,11)12)9-14-4-5-15-9/h4-6H,1-3H3. The number of rotatable bonds is 3. The van der Waals surface area contributed by atoms with Gasteiger partial charge in [-0.05, 0) is 24.7 Å². The Bertz CT molecular complexity index is 435.